The molecule has 3 N–H and O–H groups in total. The molecule has 3 rings (SSSR count). The third kappa shape index (κ3) is 10.1. The summed E-state index contributed by atoms with van der Waals surface area (Å²) in [7, 11) is 1.74. The van der Waals surface area contributed by atoms with Crippen molar-refractivity contribution in [3.05, 3.63) is 77.4 Å². The van der Waals surface area contributed by atoms with Gasteiger partial charge in [-0.15, -0.1) is 0 Å². The SMILES string of the molecule is CCCCc1ccc(C#CC(C)(C)O)cc1N(C)C=O.Cc1ccc(Oc2ccnc(C(N)=O)c2)cn1. The Balaban J connectivity index is 0.000000263. The van der Waals surface area contributed by atoms with Gasteiger partial charge in [-0.1, -0.05) is 31.3 Å². The second-order valence-electron chi connectivity index (χ2n) is 8.95. The zero-order chi connectivity index (χ0) is 27.4. The predicted molar refractivity (Wildman–Crippen MR) is 144 cm³/mol. The van der Waals surface area contributed by atoms with Crippen LogP contribution in [0.25, 0.3) is 0 Å². The Morgan fingerprint density at radius 2 is 1.92 bits per heavy atom. The number of nitrogens with zero attached hydrogens (tertiary/aromatic N) is 3. The van der Waals surface area contributed by atoms with E-state index in [1.165, 1.54) is 12.3 Å². The summed E-state index contributed by atoms with van der Waals surface area (Å²) in [4.78, 5) is 31.4. The minimum absolute atomic E-state index is 0.169. The molecular weight excluding hydrogens is 468 g/mol. The molecule has 1 aromatic carbocycles. The molecule has 8 heteroatoms. The molecule has 3 aromatic rings. The number of hydrogen-bond acceptors (Lipinski definition) is 6. The molecule has 2 amide bonds. The molecule has 194 valence electrons. The molecule has 0 aliphatic rings. The van der Waals surface area contributed by atoms with Crippen LogP contribution in [0, 0.1) is 18.8 Å². The number of unbranched alkanes of at least 4 members (excludes halogenated alkanes) is 1. The van der Waals surface area contributed by atoms with Gasteiger partial charge in [0.2, 0.25) is 6.41 Å². The first-order valence-electron chi connectivity index (χ1n) is 12.0. The standard InChI is InChI=1S/C17H23NO2.C12H11N3O2/c1-5-6-7-15-9-8-14(10-11-17(2,3)20)12-16(15)18(4)13-19;1-8-2-3-10(7-15-8)17-9-4-5-14-11(6-9)12(13)16/h8-9,12-13,20H,5-7H2,1-4H3;2-7H,1H3,(H2,13,16). The number of aryl methyl sites for hydroxylation is 2. The number of aromatic nitrogens is 2. The van der Waals surface area contributed by atoms with Crippen LogP contribution in [0.15, 0.2) is 54.9 Å². The highest BCUT2D eigenvalue weighted by Crippen LogP contribution is 2.23. The molecule has 0 fully saturated rings. The first kappa shape index (κ1) is 29.0. The van der Waals surface area contributed by atoms with Crippen LogP contribution in [0.4, 0.5) is 5.69 Å². The van der Waals surface area contributed by atoms with Gasteiger partial charge in [-0.2, -0.15) is 0 Å². The van der Waals surface area contributed by atoms with E-state index in [1.807, 2.05) is 31.2 Å². The summed E-state index contributed by atoms with van der Waals surface area (Å²) in [5.41, 5.74) is 8.02. The third-order valence-electron chi connectivity index (χ3n) is 5.04. The molecule has 8 nitrogen and oxygen atoms in total. The molecular formula is C29H34N4O4. The van der Waals surface area contributed by atoms with Crippen LogP contribution in [-0.2, 0) is 11.2 Å². The van der Waals surface area contributed by atoms with Gasteiger partial charge in [-0.3, -0.25) is 19.6 Å². The molecule has 0 radical (unpaired) electrons. The molecule has 0 saturated heterocycles. The monoisotopic (exact) mass is 502 g/mol. The van der Waals surface area contributed by atoms with Crippen molar-refractivity contribution in [2.45, 2.75) is 52.6 Å². The van der Waals surface area contributed by atoms with E-state index in [9.17, 15) is 14.7 Å². The third-order valence-corrected chi connectivity index (χ3v) is 5.04. The molecule has 0 spiro atoms. The van der Waals surface area contributed by atoms with Crippen molar-refractivity contribution >= 4 is 18.0 Å². The van der Waals surface area contributed by atoms with E-state index in [1.54, 1.807) is 44.1 Å². The number of aliphatic hydroxyl groups is 1. The molecule has 0 aliphatic carbocycles. The van der Waals surface area contributed by atoms with Crippen molar-refractivity contribution in [3.63, 3.8) is 0 Å². The van der Waals surface area contributed by atoms with Crippen molar-refractivity contribution < 1.29 is 19.4 Å². The number of ether oxygens (including phenoxy) is 1. The Labute approximate surface area is 218 Å². The van der Waals surface area contributed by atoms with Crippen LogP contribution in [0.3, 0.4) is 0 Å². The summed E-state index contributed by atoms with van der Waals surface area (Å²) >= 11 is 0. The zero-order valence-corrected chi connectivity index (χ0v) is 22.0. The Bertz CT molecular complexity index is 1260. The maximum absolute atomic E-state index is 11.0. The topological polar surface area (TPSA) is 119 Å². The number of hydrogen-bond donors (Lipinski definition) is 2. The van der Waals surface area contributed by atoms with E-state index in [2.05, 4.69) is 28.7 Å². The summed E-state index contributed by atoms with van der Waals surface area (Å²) in [5, 5.41) is 9.63. The Morgan fingerprint density at radius 3 is 2.51 bits per heavy atom. The number of anilines is 1. The van der Waals surface area contributed by atoms with Crippen molar-refractivity contribution in [2.24, 2.45) is 5.73 Å². The average molecular weight is 503 g/mol. The lowest BCUT2D eigenvalue weighted by Crippen LogP contribution is -2.16. The lowest BCUT2D eigenvalue weighted by atomic mass is 10.0. The van der Waals surface area contributed by atoms with Crippen LogP contribution in [0.1, 0.15) is 60.9 Å². The first-order valence-corrected chi connectivity index (χ1v) is 12.0. The van der Waals surface area contributed by atoms with E-state index in [0.717, 1.165) is 48.2 Å². The highest BCUT2D eigenvalue weighted by atomic mass is 16.5. The molecule has 2 heterocycles. The minimum Gasteiger partial charge on any atom is -0.456 e. The van der Waals surface area contributed by atoms with E-state index in [-0.39, 0.29) is 5.69 Å². The molecule has 0 bridgehead atoms. The molecule has 0 atom stereocenters. The minimum atomic E-state index is -1.02. The number of carbonyl (C=O) groups excluding carboxylic acids is 2. The maximum Gasteiger partial charge on any atom is 0.267 e. The van der Waals surface area contributed by atoms with E-state index >= 15 is 0 Å². The van der Waals surface area contributed by atoms with Crippen LogP contribution >= 0.6 is 0 Å². The fourth-order valence-electron chi connectivity index (χ4n) is 3.09. The van der Waals surface area contributed by atoms with E-state index in [0.29, 0.717) is 11.5 Å². The zero-order valence-electron chi connectivity index (χ0n) is 22.0. The van der Waals surface area contributed by atoms with Gasteiger partial charge in [-0.05, 0) is 69.5 Å². The van der Waals surface area contributed by atoms with Gasteiger partial charge in [0.1, 0.15) is 22.8 Å². The number of amides is 2. The van der Waals surface area contributed by atoms with Gasteiger partial charge in [0.25, 0.3) is 5.91 Å². The maximum atomic E-state index is 11.0. The second kappa shape index (κ2) is 13.8. The second-order valence-corrected chi connectivity index (χ2v) is 8.95. The number of rotatable bonds is 8. The number of carbonyl (C=O) groups is 2. The number of primary amides is 1. The lowest BCUT2D eigenvalue weighted by molar-refractivity contribution is -0.107. The Hall–Kier alpha value is -4.22. The fraction of sp³-hybridized carbons (Fsp3) is 0.310. The van der Waals surface area contributed by atoms with Crippen molar-refractivity contribution in [1.82, 2.24) is 9.97 Å². The highest BCUT2D eigenvalue weighted by Gasteiger charge is 2.09. The van der Waals surface area contributed by atoms with Gasteiger partial charge >= 0.3 is 0 Å². The van der Waals surface area contributed by atoms with E-state index in [4.69, 9.17) is 10.5 Å². The summed E-state index contributed by atoms with van der Waals surface area (Å²) in [6.07, 6.45) is 7.04. The van der Waals surface area contributed by atoms with Crippen molar-refractivity contribution in [3.8, 4) is 23.3 Å². The lowest BCUT2D eigenvalue weighted by Gasteiger charge is -2.16. The summed E-state index contributed by atoms with van der Waals surface area (Å²) in [6.45, 7) is 7.33. The fourth-order valence-corrected chi connectivity index (χ4v) is 3.09. The van der Waals surface area contributed by atoms with Crippen LogP contribution in [-0.4, -0.2) is 40.0 Å². The van der Waals surface area contributed by atoms with Crippen molar-refractivity contribution in [2.75, 3.05) is 11.9 Å². The van der Waals surface area contributed by atoms with Gasteiger partial charge in [0, 0.05) is 36.3 Å². The highest BCUT2D eigenvalue weighted by molar-refractivity contribution is 5.91. The average Bonchev–Trinajstić information content (AvgIpc) is 2.87. The number of benzene rings is 1. The van der Waals surface area contributed by atoms with Gasteiger partial charge < -0.3 is 20.5 Å². The first-order chi connectivity index (χ1) is 17.5. The van der Waals surface area contributed by atoms with Gasteiger partial charge in [0.15, 0.2) is 0 Å². The van der Waals surface area contributed by atoms with E-state index < -0.39 is 11.5 Å². The quantitative estimate of drug-likeness (QED) is 0.348. The number of pyridine rings is 2. The molecule has 0 aliphatic heterocycles. The smallest absolute Gasteiger partial charge is 0.267 e. The molecule has 37 heavy (non-hydrogen) atoms. The Morgan fingerprint density at radius 1 is 1.16 bits per heavy atom. The normalized spacial score (nSPS) is 10.3. The largest absolute Gasteiger partial charge is 0.456 e. The number of nitrogens with two attached hydrogens (primary N) is 1. The van der Waals surface area contributed by atoms with Gasteiger partial charge in [0.05, 0.1) is 6.20 Å². The van der Waals surface area contributed by atoms with Crippen LogP contribution in [0.5, 0.6) is 11.5 Å². The summed E-state index contributed by atoms with van der Waals surface area (Å²) in [5.74, 6) is 6.24. The van der Waals surface area contributed by atoms with Crippen molar-refractivity contribution in [1.29, 1.82) is 0 Å². The van der Waals surface area contributed by atoms with Crippen LogP contribution < -0.4 is 15.4 Å². The summed E-state index contributed by atoms with van der Waals surface area (Å²) in [6, 6.07) is 12.6. The predicted octanol–water partition coefficient (Wildman–Crippen LogP) is 4.42. The molecule has 0 unspecified atom stereocenters. The molecule has 0 saturated carbocycles. The Kier molecular flexibility index (Phi) is 10.8. The molecule has 2 aromatic heterocycles. The van der Waals surface area contributed by atoms with Crippen LogP contribution in [0.2, 0.25) is 0 Å². The summed E-state index contributed by atoms with van der Waals surface area (Å²) < 4.78 is 5.51. The van der Waals surface area contributed by atoms with Gasteiger partial charge in [-0.25, -0.2) is 0 Å².